The number of hydrogen-bond acceptors (Lipinski definition) is 7. The Kier molecular flexibility index (Phi) is 7.00. The molecule has 12 heteroatoms. The fourth-order valence-electron chi connectivity index (χ4n) is 3.00. The average molecular weight is 461 g/mol. The maximum atomic E-state index is 12.4. The number of amides is 3. The Morgan fingerprint density at radius 1 is 1.19 bits per heavy atom. The molecule has 0 aromatic heterocycles. The van der Waals surface area contributed by atoms with E-state index in [2.05, 4.69) is 10.7 Å². The van der Waals surface area contributed by atoms with Crippen LogP contribution in [0.15, 0.2) is 48.5 Å². The van der Waals surface area contributed by atoms with Crippen LogP contribution in [0.2, 0.25) is 5.02 Å². The lowest BCUT2D eigenvalue weighted by Gasteiger charge is -2.17. The van der Waals surface area contributed by atoms with E-state index in [4.69, 9.17) is 16.3 Å². The topological polar surface area (TPSA) is 148 Å². The highest BCUT2D eigenvalue weighted by Gasteiger charge is 2.37. The first-order valence-electron chi connectivity index (χ1n) is 9.31. The Morgan fingerprint density at radius 3 is 2.66 bits per heavy atom. The number of benzene rings is 2. The molecule has 11 nitrogen and oxygen atoms in total. The van der Waals surface area contributed by atoms with Crippen LogP contribution in [0.5, 0.6) is 0 Å². The second-order valence-corrected chi connectivity index (χ2v) is 7.22. The Balaban J connectivity index is 1.52. The molecule has 1 aliphatic heterocycles. The van der Waals surface area contributed by atoms with Crippen molar-refractivity contribution >= 4 is 46.7 Å². The van der Waals surface area contributed by atoms with Crippen LogP contribution < -0.4 is 10.7 Å². The zero-order chi connectivity index (χ0) is 23.3. The first-order valence-corrected chi connectivity index (χ1v) is 9.69. The SMILES string of the molecule is O=C(COC(=O)[C@@H]1CC(=O)N(NC(=O)c2ccccc2[N+](=O)[O-])C1)Nc1cccc(Cl)c1. The molecule has 0 bridgehead atoms. The van der Waals surface area contributed by atoms with Gasteiger partial charge in [0, 0.05) is 23.2 Å². The molecule has 1 heterocycles. The molecule has 1 saturated heterocycles. The normalized spacial score (nSPS) is 15.2. The molecular formula is C20H17ClN4O7. The number of nitro benzene ring substituents is 1. The van der Waals surface area contributed by atoms with Crippen molar-refractivity contribution in [1.29, 1.82) is 0 Å². The number of carbonyl (C=O) groups excluding carboxylic acids is 4. The van der Waals surface area contributed by atoms with Crippen molar-refractivity contribution in [3.05, 3.63) is 69.2 Å². The molecular weight excluding hydrogens is 444 g/mol. The number of ether oxygens (including phenoxy) is 1. The van der Waals surface area contributed by atoms with Crippen molar-refractivity contribution in [1.82, 2.24) is 10.4 Å². The third-order valence-electron chi connectivity index (χ3n) is 4.49. The summed E-state index contributed by atoms with van der Waals surface area (Å²) in [6, 6.07) is 11.7. The second-order valence-electron chi connectivity index (χ2n) is 6.79. The van der Waals surface area contributed by atoms with Crippen LogP contribution in [-0.2, 0) is 19.1 Å². The Labute approximate surface area is 186 Å². The molecule has 32 heavy (non-hydrogen) atoms. The van der Waals surface area contributed by atoms with E-state index in [1.54, 1.807) is 18.2 Å². The van der Waals surface area contributed by atoms with E-state index in [-0.39, 0.29) is 18.5 Å². The molecule has 0 radical (unpaired) electrons. The van der Waals surface area contributed by atoms with Crippen molar-refractivity contribution in [3.8, 4) is 0 Å². The molecule has 0 saturated carbocycles. The van der Waals surface area contributed by atoms with Gasteiger partial charge in [-0.2, -0.15) is 0 Å². The van der Waals surface area contributed by atoms with Gasteiger partial charge in [-0.3, -0.25) is 39.7 Å². The number of nitro groups is 1. The van der Waals surface area contributed by atoms with Gasteiger partial charge in [0.15, 0.2) is 6.61 Å². The summed E-state index contributed by atoms with van der Waals surface area (Å²) in [5, 5.41) is 14.9. The molecule has 1 aliphatic rings. The van der Waals surface area contributed by atoms with E-state index >= 15 is 0 Å². The van der Waals surface area contributed by atoms with Gasteiger partial charge in [-0.25, -0.2) is 0 Å². The summed E-state index contributed by atoms with van der Waals surface area (Å²) >= 11 is 5.83. The van der Waals surface area contributed by atoms with E-state index in [0.29, 0.717) is 10.7 Å². The summed E-state index contributed by atoms with van der Waals surface area (Å²) in [5.74, 6) is -3.72. The predicted molar refractivity (Wildman–Crippen MR) is 111 cm³/mol. The minimum Gasteiger partial charge on any atom is -0.455 e. The molecule has 0 spiro atoms. The van der Waals surface area contributed by atoms with Crippen LogP contribution in [0.1, 0.15) is 16.8 Å². The first kappa shape index (κ1) is 22.7. The number of carbonyl (C=O) groups is 4. The molecule has 3 rings (SSSR count). The number of nitrogens with one attached hydrogen (secondary N) is 2. The highest BCUT2D eigenvalue weighted by molar-refractivity contribution is 6.30. The van der Waals surface area contributed by atoms with Crippen molar-refractivity contribution in [2.75, 3.05) is 18.5 Å². The molecule has 2 aromatic carbocycles. The number of nitrogens with zero attached hydrogens (tertiary/aromatic N) is 2. The molecule has 2 aromatic rings. The van der Waals surface area contributed by atoms with Crippen molar-refractivity contribution < 1.29 is 28.8 Å². The van der Waals surface area contributed by atoms with Gasteiger partial charge in [-0.15, -0.1) is 0 Å². The number of rotatable bonds is 7. The molecule has 2 N–H and O–H groups in total. The minimum atomic E-state index is -0.910. The Bertz CT molecular complexity index is 1090. The fourth-order valence-corrected chi connectivity index (χ4v) is 3.19. The van der Waals surface area contributed by atoms with Gasteiger partial charge in [0.2, 0.25) is 5.91 Å². The summed E-state index contributed by atoms with van der Waals surface area (Å²) in [7, 11) is 0. The van der Waals surface area contributed by atoms with Gasteiger partial charge >= 0.3 is 5.97 Å². The number of halogens is 1. The first-order chi connectivity index (χ1) is 15.2. The quantitative estimate of drug-likeness (QED) is 0.364. The molecule has 1 fully saturated rings. The smallest absolute Gasteiger partial charge is 0.311 e. The molecule has 166 valence electrons. The van der Waals surface area contributed by atoms with Crippen molar-refractivity contribution in [3.63, 3.8) is 0 Å². The van der Waals surface area contributed by atoms with Crippen molar-refractivity contribution in [2.24, 2.45) is 5.92 Å². The summed E-state index contributed by atoms with van der Waals surface area (Å²) in [6.07, 6.45) is -0.244. The van der Waals surface area contributed by atoms with Gasteiger partial charge in [-0.1, -0.05) is 29.8 Å². The standard InChI is InChI=1S/C20H17ClN4O7/c21-13-4-3-5-14(9-13)22-17(26)11-32-20(29)12-8-18(27)24(10-12)23-19(28)15-6-1-2-7-16(15)25(30)31/h1-7,9,12H,8,10-11H2,(H,22,26)(H,23,28)/t12-/m1/s1. The van der Waals surface area contributed by atoms with Crippen LogP contribution in [0.3, 0.4) is 0 Å². The average Bonchev–Trinajstić information content (AvgIpc) is 3.12. The largest absolute Gasteiger partial charge is 0.455 e. The second kappa shape index (κ2) is 9.88. The van der Waals surface area contributed by atoms with Crippen LogP contribution in [0.4, 0.5) is 11.4 Å². The number of para-hydroxylation sites is 1. The minimum absolute atomic E-state index is 0.194. The maximum Gasteiger partial charge on any atom is 0.311 e. The lowest BCUT2D eigenvalue weighted by Crippen LogP contribution is -2.43. The van der Waals surface area contributed by atoms with Gasteiger partial charge < -0.3 is 10.1 Å². The summed E-state index contributed by atoms with van der Waals surface area (Å²) in [6.45, 7) is -0.765. The van der Waals surface area contributed by atoms with Crippen LogP contribution >= 0.6 is 11.6 Å². The number of hydrogen-bond donors (Lipinski definition) is 2. The van der Waals surface area contributed by atoms with Gasteiger partial charge in [0.1, 0.15) is 5.56 Å². The number of esters is 1. The van der Waals surface area contributed by atoms with Gasteiger partial charge in [0.25, 0.3) is 17.5 Å². The monoisotopic (exact) mass is 460 g/mol. The molecule has 1 atom stereocenters. The number of hydrazine groups is 1. The van der Waals surface area contributed by atoms with Crippen LogP contribution in [0, 0.1) is 16.0 Å². The zero-order valence-corrected chi connectivity index (χ0v) is 17.2. The van der Waals surface area contributed by atoms with E-state index in [1.165, 1.54) is 24.3 Å². The van der Waals surface area contributed by atoms with E-state index in [1.807, 2.05) is 0 Å². The third kappa shape index (κ3) is 5.58. The lowest BCUT2D eigenvalue weighted by atomic mass is 10.1. The number of anilines is 1. The Hall–Kier alpha value is -3.99. The molecule has 0 aliphatic carbocycles. The highest BCUT2D eigenvalue weighted by Crippen LogP contribution is 2.21. The van der Waals surface area contributed by atoms with Crippen molar-refractivity contribution in [2.45, 2.75) is 6.42 Å². The van der Waals surface area contributed by atoms with E-state index in [0.717, 1.165) is 11.1 Å². The van der Waals surface area contributed by atoms with Gasteiger partial charge in [-0.05, 0) is 24.3 Å². The summed E-state index contributed by atoms with van der Waals surface area (Å²) in [5.41, 5.74) is 2.05. The maximum absolute atomic E-state index is 12.4. The van der Waals surface area contributed by atoms with E-state index in [9.17, 15) is 29.3 Å². The Morgan fingerprint density at radius 2 is 1.94 bits per heavy atom. The zero-order valence-electron chi connectivity index (χ0n) is 16.4. The van der Waals surface area contributed by atoms with Gasteiger partial charge in [0.05, 0.1) is 17.4 Å². The molecule has 3 amide bonds. The third-order valence-corrected chi connectivity index (χ3v) is 4.73. The highest BCUT2D eigenvalue weighted by atomic mass is 35.5. The predicted octanol–water partition coefficient (Wildman–Crippen LogP) is 1.92. The fraction of sp³-hybridized carbons (Fsp3) is 0.200. The summed E-state index contributed by atoms with van der Waals surface area (Å²) in [4.78, 5) is 59.1. The lowest BCUT2D eigenvalue weighted by molar-refractivity contribution is -0.385. The summed E-state index contributed by atoms with van der Waals surface area (Å²) < 4.78 is 4.96. The van der Waals surface area contributed by atoms with Crippen LogP contribution in [-0.4, -0.2) is 46.8 Å². The van der Waals surface area contributed by atoms with Crippen LogP contribution in [0.25, 0.3) is 0 Å². The molecule has 0 unspecified atom stereocenters. The van der Waals surface area contributed by atoms with E-state index < -0.39 is 46.8 Å².